The average molecular weight is 354 g/mol. The minimum atomic E-state index is -0.0668. The Hall–Kier alpha value is -1.25. The number of nitrogens with zero attached hydrogens (tertiary/aromatic N) is 4. The fourth-order valence-corrected chi connectivity index (χ4v) is 4.26. The van der Waals surface area contributed by atoms with Crippen LogP contribution in [0.2, 0.25) is 0 Å². The highest BCUT2D eigenvalue weighted by Gasteiger charge is 2.46. The summed E-state index contributed by atoms with van der Waals surface area (Å²) < 4.78 is 11.9. The summed E-state index contributed by atoms with van der Waals surface area (Å²) in [6.07, 6.45) is 3.25. The van der Waals surface area contributed by atoms with Gasteiger partial charge in [0.05, 0.1) is 12.7 Å². The maximum absolute atomic E-state index is 11.8. The number of fused-ring (bicyclic) bond motifs is 1. The molecule has 1 aromatic heterocycles. The van der Waals surface area contributed by atoms with Gasteiger partial charge in [-0.05, 0) is 26.2 Å². The summed E-state index contributed by atoms with van der Waals surface area (Å²) in [5, 5.41) is 10.4. The molecule has 1 amide bonds. The third kappa shape index (κ3) is 3.70. The monoisotopic (exact) mass is 354 g/mol. The van der Waals surface area contributed by atoms with Crippen LogP contribution in [-0.2, 0) is 14.3 Å². The van der Waals surface area contributed by atoms with Gasteiger partial charge in [0.1, 0.15) is 11.6 Å². The molecule has 2 fully saturated rings. The average Bonchev–Trinajstić information content (AvgIpc) is 3.00. The van der Waals surface area contributed by atoms with Crippen molar-refractivity contribution in [2.24, 2.45) is 5.41 Å². The van der Waals surface area contributed by atoms with Crippen molar-refractivity contribution in [3.8, 4) is 0 Å². The van der Waals surface area contributed by atoms with Crippen LogP contribution in [0.15, 0.2) is 0 Å². The third-order valence-electron chi connectivity index (χ3n) is 4.89. The molecule has 0 aliphatic carbocycles. The van der Waals surface area contributed by atoms with Crippen molar-refractivity contribution < 1.29 is 14.3 Å². The van der Waals surface area contributed by atoms with E-state index in [1.165, 1.54) is 0 Å². The van der Waals surface area contributed by atoms with Crippen molar-refractivity contribution in [2.75, 3.05) is 51.9 Å². The van der Waals surface area contributed by atoms with Crippen LogP contribution in [0.5, 0.6) is 0 Å². The molecule has 0 radical (unpaired) electrons. The zero-order chi connectivity index (χ0) is 17.2. The van der Waals surface area contributed by atoms with Gasteiger partial charge in [-0.2, -0.15) is 0 Å². The molecule has 2 aliphatic heterocycles. The number of hydrogen-bond donors (Lipinski definition) is 0. The lowest BCUT2D eigenvalue weighted by molar-refractivity contribution is -0.144. The highest BCUT2D eigenvalue weighted by molar-refractivity contribution is 7.15. The van der Waals surface area contributed by atoms with E-state index in [9.17, 15) is 4.79 Å². The van der Waals surface area contributed by atoms with Gasteiger partial charge in [-0.25, -0.2) is 0 Å². The first kappa shape index (κ1) is 17.6. The third-order valence-corrected chi connectivity index (χ3v) is 5.79. The Morgan fingerprint density at radius 3 is 3.04 bits per heavy atom. The number of carbonyl (C=O) groups is 1. The fraction of sp³-hybridized carbons (Fsp3) is 0.812. The molecular weight excluding hydrogens is 328 g/mol. The van der Waals surface area contributed by atoms with Crippen molar-refractivity contribution in [1.82, 2.24) is 15.1 Å². The van der Waals surface area contributed by atoms with Crippen LogP contribution in [0.1, 0.15) is 24.3 Å². The van der Waals surface area contributed by atoms with Gasteiger partial charge in [0, 0.05) is 39.2 Å². The Morgan fingerprint density at radius 2 is 2.33 bits per heavy atom. The number of rotatable bonds is 5. The van der Waals surface area contributed by atoms with Crippen LogP contribution in [0.4, 0.5) is 5.13 Å². The summed E-state index contributed by atoms with van der Waals surface area (Å²) in [7, 11) is 3.49. The Bertz CT molecular complexity index is 579. The molecule has 2 aliphatic rings. The molecule has 3 rings (SSSR count). The second-order valence-electron chi connectivity index (χ2n) is 6.92. The minimum absolute atomic E-state index is 0.00732. The molecule has 0 saturated carbocycles. The van der Waals surface area contributed by atoms with Gasteiger partial charge < -0.3 is 19.3 Å². The summed E-state index contributed by atoms with van der Waals surface area (Å²) in [6.45, 7) is 5.25. The Kier molecular flexibility index (Phi) is 5.36. The van der Waals surface area contributed by atoms with E-state index >= 15 is 0 Å². The number of aryl methyl sites for hydroxylation is 1. The van der Waals surface area contributed by atoms with E-state index < -0.39 is 0 Å². The molecule has 0 aromatic carbocycles. The van der Waals surface area contributed by atoms with E-state index in [1.54, 1.807) is 30.3 Å². The molecule has 2 saturated heterocycles. The SMILES string of the molecule is Cc1nnc(N2CCC3OCCCC3(COCC(=O)N(C)C)C2)s1. The van der Waals surface area contributed by atoms with Gasteiger partial charge in [-0.3, -0.25) is 4.79 Å². The van der Waals surface area contributed by atoms with Crippen molar-refractivity contribution in [3.05, 3.63) is 5.01 Å². The van der Waals surface area contributed by atoms with Crippen molar-refractivity contribution in [3.63, 3.8) is 0 Å². The van der Waals surface area contributed by atoms with Crippen molar-refractivity contribution >= 4 is 22.4 Å². The lowest BCUT2D eigenvalue weighted by Gasteiger charge is -2.50. The maximum Gasteiger partial charge on any atom is 0.248 e. The van der Waals surface area contributed by atoms with E-state index in [2.05, 4.69) is 15.1 Å². The van der Waals surface area contributed by atoms with E-state index in [-0.39, 0.29) is 24.0 Å². The molecule has 2 atom stereocenters. The molecule has 1 aromatic rings. The van der Waals surface area contributed by atoms with Crippen LogP contribution in [0, 0.1) is 12.3 Å². The van der Waals surface area contributed by atoms with E-state index in [4.69, 9.17) is 9.47 Å². The molecule has 0 bridgehead atoms. The standard InChI is InChI=1S/C16H26N4O3S/c1-12-17-18-15(24-12)20-7-5-13-16(10-20,6-4-8-23-13)11-22-9-14(21)19(2)3/h13H,4-11H2,1-3H3. The first-order valence-corrected chi connectivity index (χ1v) is 9.26. The second kappa shape index (κ2) is 7.33. The van der Waals surface area contributed by atoms with E-state index in [1.807, 2.05) is 6.92 Å². The van der Waals surface area contributed by atoms with Crippen LogP contribution in [0.25, 0.3) is 0 Å². The normalized spacial score (nSPS) is 27.0. The van der Waals surface area contributed by atoms with Gasteiger partial charge in [-0.1, -0.05) is 11.3 Å². The summed E-state index contributed by atoms with van der Waals surface area (Å²) in [5.41, 5.74) is -0.0668. The highest BCUT2D eigenvalue weighted by atomic mass is 32.1. The number of carbonyl (C=O) groups excluding carboxylic acids is 1. The number of likely N-dealkylation sites (N-methyl/N-ethyl adjacent to an activating group) is 1. The number of piperidine rings is 1. The predicted octanol–water partition coefficient (Wildman–Crippen LogP) is 1.33. The maximum atomic E-state index is 11.8. The number of amides is 1. The molecule has 0 spiro atoms. The summed E-state index contributed by atoms with van der Waals surface area (Å²) in [4.78, 5) is 15.6. The molecule has 8 heteroatoms. The largest absolute Gasteiger partial charge is 0.377 e. The van der Waals surface area contributed by atoms with Crippen LogP contribution in [0.3, 0.4) is 0 Å². The number of hydrogen-bond acceptors (Lipinski definition) is 7. The van der Waals surface area contributed by atoms with Crippen LogP contribution < -0.4 is 4.90 Å². The first-order chi connectivity index (χ1) is 11.5. The van der Waals surface area contributed by atoms with Crippen LogP contribution >= 0.6 is 11.3 Å². The van der Waals surface area contributed by atoms with Gasteiger partial charge in [0.25, 0.3) is 0 Å². The van der Waals surface area contributed by atoms with Gasteiger partial charge in [0.2, 0.25) is 11.0 Å². The van der Waals surface area contributed by atoms with Crippen molar-refractivity contribution in [1.29, 1.82) is 0 Å². The summed E-state index contributed by atoms with van der Waals surface area (Å²) in [5.74, 6) is -0.00732. The number of ether oxygens (including phenoxy) is 2. The first-order valence-electron chi connectivity index (χ1n) is 8.45. The minimum Gasteiger partial charge on any atom is -0.377 e. The number of aromatic nitrogens is 2. The molecule has 0 N–H and O–H groups in total. The van der Waals surface area contributed by atoms with E-state index in [0.717, 1.165) is 49.1 Å². The lowest BCUT2D eigenvalue weighted by atomic mass is 9.73. The highest BCUT2D eigenvalue weighted by Crippen LogP contribution is 2.42. The lowest BCUT2D eigenvalue weighted by Crippen LogP contribution is -2.57. The Balaban J connectivity index is 1.68. The molecular formula is C16H26N4O3S. The second-order valence-corrected chi connectivity index (χ2v) is 8.08. The summed E-state index contributed by atoms with van der Waals surface area (Å²) in [6, 6.07) is 0. The molecule has 3 heterocycles. The predicted molar refractivity (Wildman–Crippen MR) is 92.4 cm³/mol. The quantitative estimate of drug-likeness (QED) is 0.795. The van der Waals surface area contributed by atoms with Gasteiger partial charge in [-0.15, -0.1) is 10.2 Å². The summed E-state index contributed by atoms with van der Waals surface area (Å²) >= 11 is 1.63. The molecule has 134 valence electrons. The zero-order valence-electron chi connectivity index (χ0n) is 14.7. The molecule has 2 unspecified atom stereocenters. The van der Waals surface area contributed by atoms with Crippen LogP contribution in [-0.4, -0.2) is 74.1 Å². The molecule has 7 nitrogen and oxygen atoms in total. The Labute approximate surface area is 146 Å². The van der Waals surface area contributed by atoms with Gasteiger partial charge >= 0.3 is 0 Å². The topological polar surface area (TPSA) is 67.8 Å². The number of anilines is 1. The van der Waals surface area contributed by atoms with Crippen molar-refractivity contribution in [2.45, 2.75) is 32.3 Å². The smallest absolute Gasteiger partial charge is 0.248 e. The molecule has 24 heavy (non-hydrogen) atoms. The van der Waals surface area contributed by atoms with E-state index in [0.29, 0.717) is 6.61 Å². The van der Waals surface area contributed by atoms with Gasteiger partial charge in [0.15, 0.2) is 0 Å². The fourth-order valence-electron chi connectivity index (χ4n) is 3.55. The Morgan fingerprint density at radius 1 is 1.50 bits per heavy atom. The zero-order valence-corrected chi connectivity index (χ0v) is 15.5.